The van der Waals surface area contributed by atoms with E-state index in [2.05, 4.69) is 0 Å². The van der Waals surface area contributed by atoms with Gasteiger partial charge >= 0.3 is 0 Å². The SMILES string of the molecule is COc1ccc2c(Oc3ccc([N+](=O)[O-])cc3)c(-c3ccc(OC)c(F)c3)ccc2c1. The fourth-order valence-corrected chi connectivity index (χ4v) is 3.33. The predicted octanol–water partition coefficient (Wildman–Crippen LogP) is 6.36. The molecule has 31 heavy (non-hydrogen) atoms. The summed E-state index contributed by atoms with van der Waals surface area (Å²) in [4.78, 5) is 10.5. The Bertz CT molecular complexity index is 1270. The maximum absolute atomic E-state index is 14.4. The van der Waals surface area contributed by atoms with Crippen LogP contribution in [0.1, 0.15) is 0 Å². The van der Waals surface area contributed by atoms with Crippen LogP contribution in [0.25, 0.3) is 21.9 Å². The van der Waals surface area contributed by atoms with Gasteiger partial charge in [-0.25, -0.2) is 4.39 Å². The first-order valence-corrected chi connectivity index (χ1v) is 9.37. The van der Waals surface area contributed by atoms with E-state index in [9.17, 15) is 14.5 Å². The number of methoxy groups -OCH3 is 2. The first kappa shape index (κ1) is 20.2. The molecule has 0 amide bonds. The zero-order valence-corrected chi connectivity index (χ0v) is 16.8. The van der Waals surface area contributed by atoms with E-state index >= 15 is 0 Å². The number of benzene rings is 4. The van der Waals surface area contributed by atoms with Crippen molar-refractivity contribution in [2.24, 2.45) is 0 Å². The van der Waals surface area contributed by atoms with Gasteiger partial charge in [-0.1, -0.05) is 12.1 Å². The van der Waals surface area contributed by atoms with Gasteiger partial charge in [0.25, 0.3) is 5.69 Å². The van der Waals surface area contributed by atoms with Crippen LogP contribution in [0.15, 0.2) is 72.8 Å². The predicted molar refractivity (Wildman–Crippen MR) is 116 cm³/mol. The van der Waals surface area contributed by atoms with Gasteiger partial charge in [0, 0.05) is 23.1 Å². The summed E-state index contributed by atoms with van der Waals surface area (Å²) in [7, 11) is 2.99. The molecule has 4 aromatic carbocycles. The lowest BCUT2D eigenvalue weighted by atomic mass is 9.99. The van der Waals surface area contributed by atoms with Gasteiger partial charge in [-0.3, -0.25) is 10.1 Å². The molecular formula is C24H18FNO5. The molecule has 0 heterocycles. The second-order valence-corrected chi connectivity index (χ2v) is 6.73. The number of hydrogen-bond acceptors (Lipinski definition) is 5. The van der Waals surface area contributed by atoms with Gasteiger partial charge in [-0.2, -0.15) is 0 Å². The van der Waals surface area contributed by atoms with Crippen molar-refractivity contribution in [2.75, 3.05) is 14.2 Å². The zero-order valence-electron chi connectivity index (χ0n) is 16.8. The number of nitro benzene ring substituents is 1. The smallest absolute Gasteiger partial charge is 0.269 e. The van der Waals surface area contributed by atoms with Crippen molar-refractivity contribution in [1.29, 1.82) is 0 Å². The highest BCUT2D eigenvalue weighted by atomic mass is 19.1. The Morgan fingerprint density at radius 3 is 2.23 bits per heavy atom. The van der Waals surface area contributed by atoms with Crippen LogP contribution >= 0.6 is 0 Å². The molecule has 0 N–H and O–H groups in total. The topological polar surface area (TPSA) is 70.8 Å². The molecular weight excluding hydrogens is 401 g/mol. The fourth-order valence-electron chi connectivity index (χ4n) is 3.33. The minimum atomic E-state index is -0.490. The third-order valence-corrected chi connectivity index (χ3v) is 4.91. The third-order valence-electron chi connectivity index (χ3n) is 4.91. The molecule has 156 valence electrons. The van der Waals surface area contributed by atoms with Crippen molar-refractivity contribution < 1.29 is 23.5 Å². The van der Waals surface area contributed by atoms with Crippen LogP contribution in [0.4, 0.5) is 10.1 Å². The summed E-state index contributed by atoms with van der Waals surface area (Å²) < 4.78 is 30.9. The van der Waals surface area contributed by atoms with Gasteiger partial charge in [0.15, 0.2) is 11.6 Å². The lowest BCUT2D eigenvalue weighted by Crippen LogP contribution is -1.94. The standard InChI is InChI=1S/C24H18FNO5/c1-29-19-9-11-21-15(13-19)3-10-20(16-4-12-23(30-2)22(25)14-16)24(21)31-18-7-5-17(6-8-18)26(27)28/h3-14H,1-2H3. The molecule has 4 aromatic rings. The van der Waals surface area contributed by atoms with Crippen LogP contribution in [0.5, 0.6) is 23.0 Å². The maximum Gasteiger partial charge on any atom is 0.269 e. The van der Waals surface area contributed by atoms with E-state index in [0.717, 1.165) is 10.8 Å². The average Bonchev–Trinajstić information content (AvgIpc) is 2.79. The van der Waals surface area contributed by atoms with Crippen molar-refractivity contribution in [3.63, 3.8) is 0 Å². The van der Waals surface area contributed by atoms with Crippen LogP contribution in [0.3, 0.4) is 0 Å². The van der Waals surface area contributed by atoms with Crippen LogP contribution in [0.2, 0.25) is 0 Å². The summed E-state index contributed by atoms with van der Waals surface area (Å²) in [5.74, 6) is 1.27. The van der Waals surface area contributed by atoms with Gasteiger partial charge in [-0.15, -0.1) is 0 Å². The molecule has 0 saturated heterocycles. The molecule has 0 saturated carbocycles. The van der Waals surface area contributed by atoms with E-state index in [-0.39, 0.29) is 11.4 Å². The van der Waals surface area contributed by atoms with Gasteiger partial charge in [0.2, 0.25) is 0 Å². The van der Waals surface area contributed by atoms with Crippen LogP contribution in [0, 0.1) is 15.9 Å². The Hall–Kier alpha value is -4.13. The number of nitro groups is 1. The molecule has 0 aliphatic heterocycles. The Kier molecular flexibility index (Phi) is 5.41. The highest BCUT2D eigenvalue weighted by Crippen LogP contribution is 2.41. The molecule has 0 aliphatic carbocycles. The van der Waals surface area contributed by atoms with E-state index in [1.165, 1.54) is 37.4 Å². The number of rotatable bonds is 6. The normalized spacial score (nSPS) is 10.7. The zero-order chi connectivity index (χ0) is 22.0. The highest BCUT2D eigenvalue weighted by Gasteiger charge is 2.15. The lowest BCUT2D eigenvalue weighted by Gasteiger charge is -2.16. The first-order valence-electron chi connectivity index (χ1n) is 9.37. The number of non-ortho nitro benzene ring substituents is 1. The van der Waals surface area contributed by atoms with E-state index < -0.39 is 10.7 Å². The molecule has 0 aliphatic rings. The molecule has 6 nitrogen and oxygen atoms in total. The van der Waals surface area contributed by atoms with Crippen LogP contribution < -0.4 is 14.2 Å². The summed E-state index contributed by atoms with van der Waals surface area (Å²) in [5, 5.41) is 12.6. The Labute approximate surface area is 177 Å². The summed E-state index contributed by atoms with van der Waals surface area (Å²) in [6.07, 6.45) is 0. The van der Waals surface area contributed by atoms with Gasteiger partial charge in [0.05, 0.1) is 19.1 Å². The summed E-state index contributed by atoms with van der Waals surface area (Å²) in [6.45, 7) is 0. The third kappa shape index (κ3) is 3.98. The van der Waals surface area contributed by atoms with E-state index in [0.29, 0.717) is 28.4 Å². The minimum Gasteiger partial charge on any atom is -0.497 e. The minimum absolute atomic E-state index is 0.0348. The van der Waals surface area contributed by atoms with Crippen molar-refractivity contribution in [3.8, 4) is 34.1 Å². The number of nitrogens with zero attached hydrogens (tertiary/aromatic N) is 1. The van der Waals surface area contributed by atoms with Crippen molar-refractivity contribution in [3.05, 3.63) is 88.7 Å². The molecule has 0 fully saturated rings. The monoisotopic (exact) mass is 419 g/mol. The molecule has 7 heteroatoms. The molecule has 0 spiro atoms. The number of hydrogen-bond donors (Lipinski definition) is 0. The second-order valence-electron chi connectivity index (χ2n) is 6.73. The second kappa shape index (κ2) is 8.31. The number of ether oxygens (including phenoxy) is 3. The summed E-state index contributed by atoms with van der Waals surface area (Å²) in [6, 6.07) is 19.8. The molecule has 0 atom stereocenters. The quantitative estimate of drug-likeness (QED) is 0.268. The fraction of sp³-hybridized carbons (Fsp3) is 0.0833. The van der Waals surface area contributed by atoms with Crippen molar-refractivity contribution in [1.82, 2.24) is 0 Å². The van der Waals surface area contributed by atoms with Gasteiger partial charge in [0.1, 0.15) is 17.2 Å². The van der Waals surface area contributed by atoms with Crippen molar-refractivity contribution in [2.45, 2.75) is 0 Å². The molecule has 0 unspecified atom stereocenters. The molecule has 0 bridgehead atoms. The maximum atomic E-state index is 14.4. The average molecular weight is 419 g/mol. The first-order chi connectivity index (χ1) is 15.0. The Morgan fingerprint density at radius 2 is 1.58 bits per heavy atom. The van der Waals surface area contributed by atoms with Gasteiger partial charge < -0.3 is 14.2 Å². The Balaban J connectivity index is 1.87. The van der Waals surface area contributed by atoms with E-state index in [1.807, 2.05) is 30.3 Å². The lowest BCUT2D eigenvalue weighted by molar-refractivity contribution is -0.384. The largest absolute Gasteiger partial charge is 0.497 e. The molecule has 4 rings (SSSR count). The van der Waals surface area contributed by atoms with Crippen molar-refractivity contribution >= 4 is 16.5 Å². The summed E-state index contributed by atoms with van der Waals surface area (Å²) >= 11 is 0. The van der Waals surface area contributed by atoms with E-state index in [1.54, 1.807) is 19.2 Å². The van der Waals surface area contributed by atoms with Gasteiger partial charge in [-0.05, 0) is 59.5 Å². The van der Waals surface area contributed by atoms with Crippen LogP contribution in [-0.4, -0.2) is 19.1 Å². The summed E-state index contributed by atoms with van der Waals surface area (Å²) in [5.41, 5.74) is 1.23. The Morgan fingerprint density at radius 1 is 0.839 bits per heavy atom. The van der Waals surface area contributed by atoms with E-state index in [4.69, 9.17) is 14.2 Å². The van der Waals surface area contributed by atoms with Crippen LogP contribution in [-0.2, 0) is 0 Å². The molecule has 0 radical (unpaired) electrons. The number of fused-ring (bicyclic) bond motifs is 1. The highest BCUT2D eigenvalue weighted by molar-refractivity contribution is 5.96. The number of halogens is 1. The molecule has 0 aromatic heterocycles.